The summed E-state index contributed by atoms with van der Waals surface area (Å²) in [5.74, 6) is 0.496. The SMILES string of the molecule is CCCCCCn1c(=O)c(OC)c(OCC=C(C)CCC=C(C)C)c2ccc(NC(C)=O)cc21. The van der Waals surface area contributed by atoms with Gasteiger partial charge in [-0.15, -0.1) is 0 Å². The number of nitrogens with one attached hydrogen (secondary N) is 1. The first-order valence-corrected chi connectivity index (χ1v) is 12.2. The van der Waals surface area contributed by atoms with E-state index in [4.69, 9.17) is 9.47 Å². The van der Waals surface area contributed by atoms with E-state index >= 15 is 0 Å². The first kappa shape index (κ1) is 27.2. The number of amides is 1. The molecule has 0 atom stereocenters. The highest BCUT2D eigenvalue weighted by Crippen LogP contribution is 2.34. The maximum atomic E-state index is 13.4. The fourth-order valence-corrected chi connectivity index (χ4v) is 3.88. The minimum Gasteiger partial charge on any atom is -0.488 e. The van der Waals surface area contributed by atoms with E-state index in [1.807, 2.05) is 24.3 Å². The van der Waals surface area contributed by atoms with Crippen LogP contribution >= 0.6 is 0 Å². The maximum Gasteiger partial charge on any atom is 0.297 e. The number of carbonyl (C=O) groups is 1. The lowest BCUT2D eigenvalue weighted by molar-refractivity contribution is -0.114. The van der Waals surface area contributed by atoms with Crippen LogP contribution in [0.4, 0.5) is 5.69 Å². The number of nitrogens with zero attached hydrogens (tertiary/aromatic N) is 1. The Morgan fingerprint density at radius 2 is 1.82 bits per heavy atom. The Kier molecular flexibility index (Phi) is 10.9. The van der Waals surface area contributed by atoms with Gasteiger partial charge in [-0.3, -0.25) is 9.59 Å². The average molecular weight is 469 g/mol. The van der Waals surface area contributed by atoms with Crippen LogP contribution in [0, 0.1) is 0 Å². The van der Waals surface area contributed by atoms with Gasteiger partial charge in [0.2, 0.25) is 11.7 Å². The molecule has 0 aliphatic heterocycles. The second kappa shape index (κ2) is 13.6. The van der Waals surface area contributed by atoms with Gasteiger partial charge < -0.3 is 19.4 Å². The molecule has 2 aromatic rings. The van der Waals surface area contributed by atoms with Gasteiger partial charge in [0.1, 0.15) is 6.61 Å². The number of hydrogen-bond donors (Lipinski definition) is 1. The number of unbranched alkanes of at least 4 members (excludes halogenated alkanes) is 3. The van der Waals surface area contributed by atoms with E-state index in [2.05, 4.69) is 39.1 Å². The number of benzene rings is 1. The lowest BCUT2D eigenvalue weighted by Crippen LogP contribution is -2.23. The molecule has 1 aromatic carbocycles. The summed E-state index contributed by atoms with van der Waals surface area (Å²) >= 11 is 0. The van der Waals surface area contributed by atoms with Crippen molar-refractivity contribution in [1.29, 1.82) is 0 Å². The molecule has 0 bridgehead atoms. The molecule has 0 aliphatic carbocycles. The van der Waals surface area contributed by atoms with Gasteiger partial charge in [-0.2, -0.15) is 0 Å². The topological polar surface area (TPSA) is 69.6 Å². The van der Waals surface area contributed by atoms with Crippen LogP contribution < -0.4 is 20.3 Å². The van der Waals surface area contributed by atoms with Crippen LogP contribution in [0.25, 0.3) is 10.9 Å². The Morgan fingerprint density at radius 1 is 1.06 bits per heavy atom. The van der Waals surface area contributed by atoms with E-state index in [0.29, 0.717) is 24.6 Å². The quantitative estimate of drug-likeness (QED) is 0.265. The van der Waals surface area contributed by atoms with Crippen molar-refractivity contribution in [3.05, 3.63) is 51.9 Å². The normalized spacial score (nSPS) is 11.4. The monoisotopic (exact) mass is 468 g/mol. The minimum absolute atomic E-state index is 0.157. The standard InChI is InChI=1S/C28H40N2O4/c1-7-8-9-10-17-30-25-19-23(29-22(5)31)14-15-24(25)26(27(33-6)28(30)32)34-18-16-21(4)13-11-12-20(2)3/h12,14-16,19H,7-11,13,17-18H2,1-6H3,(H,29,31). The highest BCUT2D eigenvalue weighted by molar-refractivity contribution is 5.94. The largest absolute Gasteiger partial charge is 0.488 e. The number of ether oxygens (including phenoxy) is 2. The van der Waals surface area contributed by atoms with Gasteiger partial charge in [0.15, 0.2) is 5.75 Å². The molecule has 6 nitrogen and oxygen atoms in total. The summed E-state index contributed by atoms with van der Waals surface area (Å²) in [5, 5.41) is 3.60. The number of carbonyl (C=O) groups excluding carboxylic acids is 1. The smallest absolute Gasteiger partial charge is 0.297 e. The highest BCUT2D eigenvalue weighted by atomic mass is 16.5. The number of hydrogen-bond acceptors (Lipinski definition) is 4. The molecule has 0 fully saturated rings. The summed E-state index contributed by atoms with van der Waals surface area (Å²) in [6.07, 6.45) is 10.4. The number of allylic oxidation sites excluding steroid dienone is 3. The fraction of sp³-hybridized carbons (Fsp3) is 0.500. The maximum absolute atomic E-state index is 13.4. The van der Waals surface area contributed by atoms with E-state index in [1.54, 1.807) is 4.57 Å². The van der Waals surface area contributed by atoms with Gasteiger partial charge in [-0.25, -0.2) is 0 Å². The minimum atomic E-state index is -0.217. The number of aromatic nitrogens is 1. The van der Waals surface area contributed by atoms with Crippen molar-refractivity contribution in [2.75, 3.05) is 19.0 Å². The molecule has 0 spiro atoms. The highest BCUT2D eigenvalue weighted by Gasteiger charge is 2.19. The molecule has 0 aliphatic rings. The van der Waals surface area contributed by atoms with Crippen molar-refractivity contribution >= 4 is 22.5 Å². The molecular weight excluding hydrogens is 428 g/mol. The number of methoxy groups -OCH3 is 1. The van der Waals surface area contributed by atoms with Crippen LogP contribution in [-0.2, 0) is 11.3 Å². The van der Waals surface area contributed by atoms with Gasteiger partial charge in [0, 0.05) is 24.5 Å². The van der Waals surface area contributed by atoms with E-state index in [9.17, 15) is 9.59 Å². The van der Waals surface area contributed by atoms with Crippen molar-refractivity contribution in [2.45, 2.75) is 79.7 Å². The Bertz CT molecular complexity index is 1090. The number of aryl methyl sites for hydroxylation is 1. The van der Waals surface area contributed by atoms with Gasteiger partial charge in [0.05, 0.1) is 12.6 Å². The predicted molar refractivity (Wildman–Crippen MR) is 141 cm³/mol. The molecule has 1 amide bonds. The van der Waals surface area contributed by atoms with Crippen molar-refractivity contribution in [2.24, 2.45) is 0 Å². The second-order valence-electron chi connectivity index (χ2n) is 8.97. The number of pyridine rings is 1. The second-order valence-corrected chi connectivity index (χ2v) is 8.97. The number of anilines is 1. The lowest BCUT2D eigenvalue weighted by Gasteiger charge is -2.18. The van der Waals surface area contributed by atoms with E-state index in [-0.39, 0.29) is 17.2 Å². The van der Waals surface area contributed by atoms with Gasteiger partial charge in [-0.05, 0) is 64.3 Å². The Labute approximate surface area is 203 Å². The van der Waals surface area contributed by atoms with Crippen LogP contribution in [0.1, 0.15) is 73.1 Å². The molecular formula is C28H40N2O4. The van der Waals surface area contributed by atoms with Crippen molar-refractivity contribution < 1.29 is 14.3 Å². The molecule has 0 saturated heterocycles. The van der Waals surface area contributed by atoms with Gasteiger partial charge in [-0.1, -0.05) is 43.4 Å². The van der Waals surface area contributed by atoms with Crippen LogP contribution in [0.2, 0.25) is 0 Å². The van der Waals surface area contributed by atoms with Crippen molar-refractivity contribution in [1.82, 2.24) is 4.57 Å². The van der Waals surface area contributed by atoms with Crippen LogP contribution in [0.3, 0.4) is 0 Å². The number of rotatable bonds is 13. The van der Waals surface area contributed by atoms with Crippen LogP contribution in [0.15, 0.2) is 46.3 Å². The third-order valence-corrected chi connectivity index (χ3v) is 5.69. The summed E-state index contributed by atoms with van der Waals surface area (Å²) < 4.78 is 13.4. The molecule has 0 radical (unpaired) electrons. The molecule has 6 heteroatoms. The summed E-state index contributed by atoms with van der Waals surface area (Å²) in [5.41, 5.74) is 3.71. The zero-order valence-corrected chi connectivity index (χ0v) is 21.6. The van der Waals surface area contributed by atoms with Gasteiger partial charge >= 0.3 is 0 Å². The molecule has 1 heterocycles. The van der Waals surface area contributed by atoms with Crippen LogP contribution in [-0.4, -0.2) is 24.2 Å². The number of fused-ring (bicyclic) bond motifs is 1. The molecule has 0 unspecified atom stereocenters. The van der Waals surface area contributed by atoms with Gasteiger partial charge in [0.25, 0.3) is 5.56 Å². The molecule has 0 saturated carbocycles. The predicted octanol–water partition coefficient (Wildman–Crippen LogP) is 6.62. The van der Waals surface area contributed by atoms with E-state index in [1.165, 1.54) is 25.2 Å². The van der Waals surface area contributed by atoms with Crippen molar-refractivity contribution in [3.8, 4) is 11.5 Å². The Balaban J connectivity index is 2.44. The summed E-state index contributed by atoms with van der Waals surface area (Å²) in [6, 6.07) is 5.54. The zero-order valence-electron chi connectivity index (χ0n) is 21.6. The third-order valence-electron chi connectivity index (χ3n) is 5.69. The summed E-state index contributed by atoms with van der Waals surface area (Å²) in [4.78, 5) is 25.0. The van der Waals surface area contributed by atoms with Crippen LogP contribution in [0.5, 0.6) is 11.5 Å². The third kappa shape index (κ3) is 7.79. The van der Waals surface area contributed by atoms with E-state index < -0.39 is 0 Å². The average Bonchev–Trinajstić information content (AvgIpc) is 2.77. The summed E-state index contributed by atoms with van der Waals surface area (Å²) in [6.45, 7) is 10.8. The Hall–Kier alpha value is -3.02. The van der Waals surface area contributed by atoms with Crippen molar-refractivity contribution in [3.63, 3.8) is 0 Å². The first-order valence-electron chi connectivity index (χ1n) is 12.2. The Morgan fingerprint density at radius 3 is 2.47 bits per heavy atom. The fourth-order valence-electron chi connectivity index (χ4n) is 3.88. The zero-order chi connectivity index (χ0) is 25.1. The van der Waals surface area contributed by atoms with E-state index in [0.717, 1.165) is 49.4 Å². The molecule has 1 N–H and O–H groups in total. The molecule has 2 rings (SSSR count). The lowest BCUT2D eigenvalue weighted by atomic mass is 10.1. The molecule has 186 valence electrons. The molecule has 34 heavy (non-hydrogen) atoms. The molecule has 1 aromatic heterocycles. The first-order chi connectivity index (χ1) is 16.3. The summed E-state index contributed by atoms with van der Waals surface area (Å²) in [7, 11) is 1.50.